The first kappa shape index (κ1) is 9.25. The summed E-state index contributed by atoms with van der Waals surface area (Å²) < 4.78 is 1.12. The summed E-state index contributed by atoms with van der Waals surface area (Å²) >= 11 is 3.41. The van der Waals surface area contributed by atoms with E-state index in [0.29, 0.717) is 0 Å². The van der Waals surface area contributed by atoms with E-state index in [1.807, 2.05) is 12.1 Å². The second-order valence-corrected chi connectivity index (χ2v) is 6.20. The van der Waals surface area contributed by atoms with Gasteiger partial charge in [0.25, 0.3) is 0 Å². The number of rotatable bonds is 0. The lowest BCUT2D eigenvalue weighted by atomic mass is 10.2. The van der Waals surface area contributed by atoms with Gasteiger partial charge in [-0.15, -0.1) is 0 Å². The van der Waals surface area contributed by atoms with E-state index >= 15 is 0 Å². The van der Waals surface area contributed by atoms with Gasteiger partial charge in [0.1, 0.15) is 0 Å². The first-order chi connectivity index (χ1) is 6.34. The van der Waals surface area contributed by atoms with Crippen molar-refractivity contribution < 1.29 is 0 Å². The molecule has 1 aliphatic heterocycles. The molecule has 0 spiro atoms. The number of hydrogen-bond donors (Lipinski definition) is 0. The summed E-state index contributed by atoms with van der Waals surface area (Å²) in [7, 11) is 0.0980. The lowest BCUT2D eigenvalue weighted by molar-refractivity contribution is 1.03. The van der Waals surface area contributed by atoms with Crippen LogP contribution in [0.2, 0.25) is 0 Å². The van der Waals surface area contributed by atoms with Crippen molar-refractivity contribution in [2.75, 3.05) is 12.3 Å². The van der Waals surface area contributed by atoms with Gasteiger partial charge in [0.2, 0.25) is 0 Å². The molecule has 2 rings (SSSR count). The lowest BCUT2D eigenvalue weighted by Gasteiger charge is -2.18. The highest BCUT2D eigenvalue weighted by Gasteiger charge is 2.13. The van der Waals surface area contributed by atoms with Crippen LogP contribution in [-0.2, 0) is 0 Å². The molecule has 0 aliphatic carbocycles. The third kappa shape index (κ3) is 2.56. The molecule has 0 radical (unpaired) electrons. The molecule has 0 bridgehead atoms. The lowest BCUT2D eigenvalue weighted by Crippen LogP contribution is -2.00. The first-order valence-corrected chi connectivity index (χ1v) is 6.87. The Labute approximate surface area is 88.6 Å². The minimum atomic E-state index is 0.0980. The minimum absolute atomic E-state index is 0.0980. The fraction of sp³-hybridized carbons (Fsp3) is 0.273. The molecule has 0 aromatic heterocycles. The summed E-state index contributed by atoms with van der Waals surface area (Å²) in [4.78, 5) is 0. The maximum atomic E-state index is 3.41. The summed E-state index contributed by atoms with van der Waals surface area (Å²) in [5.74, 6) is 3.23. The van der Waals surface area contributed by atoms with Crippen LogP contribution >= 0.6 is 23.9 Å². The quantitative estimate of drug-likeness (QED) is 0.489. The summed E-state index contributed by atoms with van der Waals surface area (Å²) in [6, 6.07) is 8.20. The summed E-state index contributed by atoms with van der Waals surface area (Å²) in [5, 5.41) is 0. The molecule has 1 saturated heterocycles. The summed E-state index contributed by atoms with van der Waals surface area (Å²) in [5.41, 5.74) is 4.49. The van der Waals surface area contributed by atoms with Crippen LogP contribution in [-0.4, -0.2) is 12.3 Å². The Bertz CT molecular complexity index is 341. The maximum Gasteiger partial charge on any atom is 0.0249 e. The SMILES string of the molecule is Brc1ccc(C#CP2CCC2)cc1. The van der Waals surface area contributed by atoms with E-state index in [2.05, 4.69) is 39.6 Å². The van der Waals surface area contributed by atoms with E-state index in [4.69, 9.17) is 0 Å². The van der Waals surface area contributed by atoms with Crippen molar-refractivity contribution in [3.8, 4) is 11.6 Å². The van der Waals surface area contributed by atoms with Crippen LogP contribution in [0.1, 0.15) is 12.0 Å². The number of hydrogen-bond acceptors (Lipinski definition) is 0. The highest BCUT2D eigenvalue weighted by Crippen LogP contribution is 2.44. The van der Waals surface area contributed by atoms with Crippen LogP contribution in [0.15, 0.2) is 28.7 Å². The predicted octanol–water partition coefficient (Wildman–Crippen LogP) is 3.64. The van der Waals surface area contributed by atoms with Crippen LogP contribution in [0.5, 0.6) is 0 Å². The van der Waals surface area contributed by atoms with Crippen molar-refractivity contribution in [2.45, 2.75) is 6.42 Å². The van der Waals surface area contributed by atoms with Crippen LogP contribution in [0.3, 0.4) is 0 Å². The Balaban J connectivity index is 2.06. The average Bonchev–Trinajstić information content (AvgIpc) is 2.05. The van der Waals surface area contributed by atoms with Crippen molar-refractivity contribution in [3.05, 3.63) is 34.3 Å². The predicted molar refractivity (Wildman–Crippen MR) is 62.3 cm³/mol. The minimum Gasteiger partial charge on any atom is -0.0713 e. The smallest absolute Gasteiger partial charge is 0.0249 e. The van der Waals surface area contributed by atoms with Crippen LogP contribution in [0.25, 0.3) is 0 Å². The number of halogens is 1. The highest BCUT2D eigenvalue weighted by molar-refractivity contribution is 9.10. The molecular weight excluding hydrogens is 243 g/mol. The van der Waals surface area contributed by atoms with E-state index < -0.39 is 0 Å². The molecule has 1 aliphatic rings. The molecular formula is C11H10BrP. The zero-order valence-corrected chi connectivity index (χ0v) is 9.74. The van der Waals surface area contributed by atoms with Gasteiger partial charge in [-0.1, -0.05) is 27.5 Å². The van der Waals surface area contributed by atoms with Crippen molar-refractivity contribution >= 4 is 23.9 Å². The van der Waals surface area contributed by atoms with Crippen molar-refractivity contribution in [3.63, 3.8) is 0 Å². The molecule has 2 heteroatoms. The molecule has 66 valence electrons. The van der Waals surface area contributed by atoms with Gasteiger partial charge < -0.3 is 0 Å². The van der Waals surface area contributed by atoms with E-state index in [1.165, 1.54) is 18.7 Å². The Morgan fingerprint density at radius 1 is 1.15 bits per heavy atom. The van der Waals surface area contributed by atoms with Gasteiger partial charge in [-0.05, 0) is 50.9 Å². The third-order valence-corrected chi connectivity index (χ3v) is 4.73. The Kier molecular flexibility index (Phi) is 3.04. The van der Waals surface area contributed by atoms with Gasteiger partial charge in [-0.25, -0.2) is 0 Å². The van der Waals surface area contributed by atoms with Crippen molar-refractivity contribution in [1.82, 2.24) is 0 Å². The fourth-order valence-electron chi connectivity index (χ4n) is 1.10. The maximum absolute atomic E-state index is 3.41. The summed E-state index contributed by atoms with van der Waals surface area (Å²) in [6.07, 6.45) is 4.11. The molecule has 0 nitrogen and oxygen atoms in total. The van der Waals surface area contributed by atoms with Gasteiger partial charge >= 0.3 is 0 Å². The molecule has 0 atom stereocenters. The van der Waals surface area contributed by atoms with Crippen LogP contribution in [0, 0.1) is 11.6 Å². The monoisotopic (exact) mass is 252 g/mol. The molecule has 13 heavy (non-hydrogen) atoms. The Morgan fingerprint density at radius 2 is 1.85 bits per heavy atom. The number of benzene rings is 1. The van der Waals surface area contributed by atoms with E-state index in [1.54, 1.807) is 0 Å². The van der Waals surface area contributed by atoms with Crippen LogP contribution < -0.4 is 0 Å². The zero-order valence-electron chi connectivity index (χ0n) is 7.26. The molecule has 0 unspecified atom stereocenters. The molecule has 1 heterocycles. The molecule has 0 saturated carbocycles. The molecule has 1 aromatic rings. The van der Waals surface area contributed by atoms with E-state index in [0.717, 1.165) is 10.0 Å². The summed E-state index contributed by atoms with van der Waals surface area (Å²) in [6.45, 7) is 0. The second kappa shape index (κ2) is 4.27. The highest BCUT2D eigenvalue weighted by atomic mass is 79.9. The second-order valence-electron chi connectivity index (χ2n) is 3.08. The van der Waals surface area contributed by atoms with Crippen molar-refractivity contribution in [1.29, 1.82) is 0 Å². The standard InChI is InChI=1S/C11H10BrP/c12-11-4-2-10(3-5-11)6-9-13-7-1-8-13/h2-5H,1,7-8H2. The van der Waals surface area contributed by atoms with E-state index in [-0.39, 0.29) is 7.92 Å². The normalized spacial score (nSPS) is 15.8. The van der Waals surface area contributed by atoms with Crippen LogP contribution in [0.4, 0.5) is 0 Å². The first-order valence-electron chi connectivity index (χ1n) is 4.37. The molecule has 0 amide bonds. The largest absolute Gasteiger partial charge is 0.0713 e. The van der Waals surface area contributed by atoms with Gasteiger partial charge in [0, 0.05) is 10.0 Å². The van der Waals surface area contributed by atoms with Crippen molar-refractivity contribution in [2.24, 2.45) is 0 Å². The van der Waals surface area contributed by atoms with Gasteiger partial charge in [0.05, 0.1) is 0 Å². The average molecular weight is 253 g/mol. The third-order valence-electron chi connectivity index (χ3n) is 2.06. The van der Waals surface area contributed by atoms with Gasteiger partial charge in [-0.3, -0.25) is 0 Å². The molecule has 1 fully saturated rings. The zero-order chi connectivity index (χ0) is 9.10. The van der Waals surface area contributed by atoms with E-state index in [9.17, 15) is 0 Å². The Hall–Kier alpha value is -0.310. The molecule has 0 N–H and O–H groups in total. The molecule has 1 aromatic carbocycles. The van der Waals surface area contributed by atoms with Gasteiger partial charge in [0.15, 0.2) is 0 Å². The fourth-order valence-corrected chi connectivity index (χ4v) is 2.51. The Morgan fingerprint density at radius 3 is 2.38 bits per heavy atom. The van der Waals surface area contributed by atoms with Gasteiger partial charge in [-0.2, -0.15) is 0 Å². The topological polar surface area (TPSA) is 0 Å².